The largest absolute Gasteiger partial charge is 0.477 e. The number of carbonyl (C=O) groups is 1. The third-order valence-electron chi connectivity index (χ3n) is 3.69. The average Bonchev–Trinajstić information content (AvgIpc) is 2.84. The van der Waals surface area contributed by atoms with Gasteiger partial charge in [0, 0.05) is 26.2 Å². The first-order chi connectivity index (χ1) is 9.02. The van der Waals surface area contributed by atoms with Crippen LogP contribution in [0.1, 0.15) is 41.6 Å². The van der Waals surface area contributed by atoms with Crippen molar-refractivity contribution in [3.05, 3.63) is 10.6 Å². The number of thiazole rings is 1. The Balaban J connectivity index is 2.24. The summed E-state index contributed by atoms with van der Waals surface area (Å²) >= 11 is 1.32. The number of anilines is 1. The Hall–Kier alpha value is -1.14. The van der Waals surface area contributed by atoms with E-state index in [4.69, 9.17) is 0 Å². The van der Waals surface area contributed by atoms with Crippen LogP contribution in [-0.2, 0) is 0 Å². The van der Waals surface area contributed by atoms with Gasteiger partial charge in [-0.1, -0.05) is 25.2 Å². The van der Waals surface area contributed by atoms with E-state index in [2.05, 4.69) is 28.8 Å². The molecule has 0 saturated carbocycles. The number of hydrogen-bond donors (Lipinski definition) is 1. The number of rotatable bonds is 4. The van der Waals surface area contributed by atoms with Gasteiger partial charge in [0.1, 0.15) is 4.88 Å². The van der Waals surface area contributed by atoms with Crippen LogP contribution in [0.25, 0.3) is 0 Å². The third-order valence-corrected chi connectivity index (χ3v) is 4.81. The molecule has 1 aromatic heterocycles. The van der Waals surface area contributed by atoms with Crippen molar-refractivity contribution in [2.24, 2.45) is 0 Å². The number of carboxylic acid groups (broad SMARTS) is 1. The van der Waals surface area contributed by atoms with Crippen molar-refractivity contribution in [2.45, 2.75) is 26.2 Å². The van der Waals surface area contributed by atoms with Gasteiger partial charge >= 0.3 is 5.97 Å². The molecule has 1 atom stereocenters. The number of nitrogens with zero attached hydrogens (tertiary/aromatic N) is 3. The van der Waals surface area contributed by atoms with Gasteiger partial charge in [-0.05, 0) is 19.4 Å². The van der Waals surface area contributed by atoms with Gasteiger partial charge in [-0.25, -0.2) is 9.78 Å². The molecule has 1 unspecified atom stereocenters. The number of likely N-dealkylation sites (N-methyl/N-ethyl adjacent to an activating group) is 1. The van der Waals surface area contributed by atoms with E-state index in [-0.39, 0.29) is 5.92 Å². The smallest absolute Gasteiger partial charge is 0.347 e. The van der Waals surface area contributed by atoms with E-state index in [9.17, 15) is 9.90 Å². The van der Waals surface area contributed by atoms with E-state index >= 15 is 0 Å². The number of carboxylic acids is 1. The zero-order valence-electron chi connectivity index (χ0n) is 11.7. The highest BCUT2D eigenvalue weighted by molar-refractivity contribution is 7.17. The average molecular weight is 283 g/mol. The Bertz CT molecular complexity index is 453. The van der Waals surface area contributed by atoms with Crippen molar-refractivity contribution in [2.75, 3.05) is 38.1 Å². The molecule has 1 N–H and O–H groups in total. The van der Waals surface area contributed by atoms with Crippen molar-refractivity contribution >= 4 is 22.4 Å². The van der Waals surface area contributed by atoms with Gasteiger partial charge in [-0.3, -0.25) is 0 Å². The Labute approximate surface area is 117 Å². The molecule has 2 rings (SSSR count). The molecule has 1 saturated heterocycles. The van der Waals surface area contributed by atoms with E-state index in [1.54, 1.807) is 0 Å². The van der Waals surface area contributed by atoms with Crippen molar-refractivity contribution in [3.8, 4) is 0 Å². The molecular formula is C13H21N3O2S. The van der Waals surface area contributed by atoms with Gasteiger partial charge in [0.15, 0.2) is 5.13 Å². The topological polar surface area (TPSA) is 56.7 Å². The third kappa shape index (κ3) is 3.06. The molecule has 1 aliphatic heterocycles. The molecule has 2 heterocycles. The van der Waals surface area contributed by atoms with Crippen LogP contribution in [0.5, 0.6) is 0 Å². The van der Waals surface area contributed by atoms with Crippen LogP contribution in [0.15, 0.2) is 0 Å². The van der Waals surface area contributed by atoms with Gasteiger partial charge in [-0.2, -0.15) is 0 Å². The number of aromatic carboxylic acids is 1. The lowest BCUT2D eigenvalue weighted by Gasteiger charge is -2.32. The maximum Gasteiger partial charge on any atom is 0.347 e. The van der Waals surface area contributed by atoms with E-state index in [1.807, 2.05) is 6.92 Å². The summed E-state index contributed by atoms with van der Waals surface area (Å²) in [5.74, 6) is -0.656. The van der Waals surface area contributed by atoms with Gasteiger partial charge in [-0.15, -0.1) is 0 Å². The Kier molecular flexibility index (Phi) is 4.42. The van der Waals surface area contributed by atoms with Crippen LogP contribution >= 0.6 is 11.3 Å². The lowest BCUT2D eigenvalue weighted by atomic mass is 10.0. The van der Waals surface area contributed by atoms with Crippen LogP contribution < -0.4 is 4.90 Å². The van der Waals surface area contributed by atoms with E-state index < -0.39 is 5.97 Å². The molecule has 0 radical (unpaired) electrons. The molecule has 0 spiro atoms. The van der Waals surface area contributed by atoms with E-state index in [1.165, 1.54) is 11.3 Å². The standard InChI is InChI=1S/C13H21N3O2S/c1-4-9(2)10-11(12(17)18)19-13(14-10)16-7-5-15(3)6-8-16/h9H,4-8H2,1-3H3,(H,17,18). The first-order valence-corrected chi connectivity index (χ1v) is 7.52. The maximum atomic E-state index is 11.3. The van der Waals surface area contributed by atoms with E-state index in [0.29, 0.717) is 4.88 Å². The molecule has 1 aromatic rings. The van der Waals surface area contributed by atoms with E-state index in [0.717, 1.165) is 43.4 Å². The molecule has 106 valence electrons. The van der Waals surface area contributed by atoms with Crippen molar-refractivity contribution < 1.29 is 9.90 Å². The molecule has 0 bridgehead atoms. The summed E-state index contributed by atoms with van der Waals surface area (Å²) in [7, 11) is 2.10. The summed E-state index contributed by atoms with van der Waals surface area (Å²) < 4.78 is 0. The molecule has 0 amide bonds. The molecule has 6 heteroatoms. The summed E-state index contributed by atoms with van der Waals surface area (Å²) in [4.78, 5) is 20.8. The van der Waals surface area contributed by atoms with Crippen LogP contribution in [0.3, 0.4) is 0 Å². The van der Waals surface area contributed by atoms with Crippen LogP contribution in [0, 0.1) is 0 Å². The zero-order valence-corrected chi connectivity index (χ0v) is 12.5. The van der Waals surface area contributed by atoms with Crippen molar-refractivity contribution in [1.82, 2.24) is 9.88 Å². The highest BCUT2D eigenvalue weighted by Gasteiger charge is 2.24. The Morgan fingerprint density at radius 3 is 2.58 bits per heavy atom. The molecule has 5 nitrogen and oxygen atoms in total. The zero-order chi connectivity index (χ0) is 14.0. The Morgan fingerprint density at radius 2 is 2.05 bits per heavy atom. The van der Waals surface area contributed by atoms with Gasteiger partial charge in [0.2, 0.25) is 0 Å². The maximum absolute atomic E-state index is 11.3. The second-order valence-corrected chi connectivity index (χ2v) is 6.09. The lowest BCUT2D eigenvalue weighted by Crippen LogP contribution is -2.44. The summed E-state index contributed by atoms with van der Waals surface area (Å²) in [6.07, 6.45) is 0.909. The highest BCUT2D eigenvalue weighted by Crippen LogP contribution is 2.32. The summed E-state index contributed by atoms with van der Waals surface area (Å²) in [5.41, 5.74) is 0.744. The van der Waals surface area contributed by atoms with Crippen molar-refractivity contribution in [3.63, 3.8) is 0 Å². The monoisotopic (exact) mass is 283 g/mol. The van der Waals surface area contributed by atoms with Crippen LogP contribution in [0.4, 0.5) is 5.13 Å². The predicted molar refractivity (Wildman–Crippen MR) is 77.5 cm³/mol. The molecule has 0 aromatic carbocycles. The number of piperazine rings is 1. The SMILES string of the molecule is CCC(C)c1nc(N2CCN(C)CC2)sc1C(=O)O. The summed E-state index contributed by atoms with van der Waals surface area (Å²) in [6.45, 7) is 7.94. The minimum atomic E-state index is -0.854. The summed E-state index contributed by atoms with van der Waals surface area (Å²) in [5, 5.41) is 10.2. The van der Waals surface area contributed by atoms with Crippen LogP contribution in [0.2, 0.25) is 0 Å². The second-order valence-electron chi connectivity index (χ2n) is 5.12. The number of aromatic nitrogens is 1. The predicted octanol–water partition coefficient (Wildman–Crippen LogP) is 2.11. The molecule has 19 heavy (non-hydrogen) atoms. The molecule has 1 aliphatic rings. The van der Waals surface area contributed by atoms with Gasteiger partial charge in [0.25, 0.3) is 0 Å². The minimum absolute atomic E-state index is 0.198. The first-order valence-electron chi connectivity index (χ1n) is 6.70. The highest BCUT2D eigenvalue weighted by atomic mass is 32.1. The minimum Gasteiger partial charge on any atom is -0.477 e. The normalized spacial score (nSPS) is 18.6. The molecule has 0 aliphatic carbocycles. The first kappa shape index (κ1) is 14.3. The Morgan fingerprint density at radius 1 is 1.42 bits per heavy atom. The number of hydrogen-bond acceptors (Lipinski definition) is 5. The fraction of sp³-hybridized carbons (Fsp3) is 0.692. The fourth-order valence-electron chi connectivity index (χ4n) is 2.13. The summed E-state index contributed by atoms with van der Waals surface area (Å²) in [6, 6.07) is 0. The second kappa shape index (κ2) is 5.88. The quantitative estimate of drug-likeness (QED) is 0.917. The molecular weight excluding hydrogens is 262 g/mol. The van der Waals surface area contributed by atoms with Gasteiger partial charge < -0.3 is 14.9 Å². The lowest BCUT2D eigenvalue weighted by molar-refractivity contribution is 0.0700. The van der Waals surface area contributed by atoms with Gasteiger partial charge in [0.05, 0.1) is 5.69 Å². The fourth-order valence-corrected chi connectivity index (χ4v) is 3.21. The molecule has 1 fully saturated rings. The van der Waals surface area contributed by atoms with Crippen LogP contribution in [-0.4, -0.2) is 54.2 Å². The van der Waals surface area contributed by atoms with Crippen molar-refractivity contribution in [1.29, 1.82) is 0 Å².